The highest BCUT2D eigenvalue weighted by Gasteiger charge is 2.08. The lowest BCUT2D eigenvalue weighted by Crippen LogP contribution is -2.27. The zero-order valence-corrected chi connectivity index (χ0v) is 9.27. The van der Waals surface area contributed by atoms with Crippen molar-refractivity contribution >= 4 is 22.5 Å². The number of aromatic nitrogens is 2. The van der Waals surface area contributed by atoms with Crippen molar-refractivity contribution in [1.82, 2.24) is 9.36 Å². The van der Waals surface area contributed by atoms with Gasteiger partial charge in [-0.3, -0.25) is 5.41 Å². The number of nitrogens with one attached hydrogen (secondary N) is 1. The fraction of sp³-hybridized carbons (Fsp3) is 0.625. The molecule has 0 aliphatic carbocycles. The Morgan fingerprint density at radius 1 is 1.64 bits per heavy atom. The number of amidine groups is 1. The van der Waals surface area contributed by atoms with Gasteiger partial charge in [-0.15, -0.1) is 0 Å². The molecule has 0 fully saturated rings. The third kappa shape index (κ3) is 2.95. The number of rotatable bonds is 5. The third-order valence-corrected chi connectivity index (χ3v) is 2.69. The lowest BCUT2D eigenvalue weighted by atomic mass is 10.4. The standard InChI is InChI=1S/C8H15N5S/c1-3-13(5-4-7(9)10)8-11-6(2)12-14-8/h3-5H2,1-2H3,(H3,9,10). The number of nitrogens with two attached hydrogens (primary N) is 1. The number of aryl methyl sites for hydroxylation is 1. The van der Waals surface area contributed by atoms with E-state index in [-0.39, 0.29) is 5.84 Å². The minimum absolute atomic E-state index is 0.213. The molecule has 1 aromatic rings. The molecule has 0 bridgehead atoms. The Bertz CT molecular complexity index is 308. The first-order valence-electron chi connectivity index (χ1n) is 4.51. The van der Waals surface area contributed by atoms with E-state index in [0.29, 0.717) is 6.42 Å². The van der Waals surface area contributed by atoms with Crippen LogP contribution in [0.5, 0.6) is 0 Å². The molecule has 5 nitrogen and oxygen atoms in total. The minimum Gasteiger partial charge on any atom is -0.388 e. The van der Waals surface area contributed by atoms with Crippen LogP contribution in [0.1, 0.15) is 19.2 Å². The minimum atomic E-state index is 0.213. The molecule has 0 aliphatic heterocycles. The van der Waals surface area contributed by atoms with E-state index in [9.17, 15) is 0 Å². The average Bonchev–Trinajstić information content (AvgIpc) is 2.53. The van der Waals surface area contributed by atoms with Crippen LogP contribution >= 0.6 is 11.5 Å². The van der Waals surface area contributed by atoms with Gasteiger partial charge in [0.1, 0.15) is 5.82 Å². The summed E-state index contributed by atoms with van der Waals surface area (Å²) < 4.78 is 4.12. The second kappa shape index (κ2) is 4.90. The van der Waals surface area contributed by atoms with Gasteiger partial charge < -0.3 is 10.6 Å². The summed E-state index contributed by atoms with van der Waals surface area (Å²) in [4.78, 5) is 6.36. The van der Waals surface area contributed by atoms with Crippen LogP contribution in [0, 0.1) is 12.3 Å². The zero-order chi connectivity index (χ0) is 10.6. The van der Waals surface area contributed by atoms with E-state index in [4.69, 9.17) is 11.1 Å². The van der Waals surface area contributed by atoms with E-state index in [1.165, 1.54) is 11.5 Å². The molecule has 14 heavy (non-hydrogen) atoms. The van der Waals surface area contributed by atoms with Gasteiger partial charge in [0.05, 0.1) is 5.84 Å². The number of nitrogens with zero attached hydrogens (tertiary/aromatic N) is 3. The van der Waals surface area contributed by atoms with Gasteiger partial charge in [0.15, 0.2) is 0 Å². The Labute approximate surface area is 87.6 Å². The van der Waals surface area contributed by atoms with Crippen LogP contribution in [0.25, 0.3) is 0 Å². The first-order valence-corrected chi connectivity index (χ1v) is 5.29. The zero-order valence-electron chi connectivity index (χ0n) is 8.45. The second-order valence-corrected chi connectivity index (χ2v) is 3.71. The lowest BCUT2D eigenvalue weighted by Gasteiger charge is -2.18. The highest BCUT2D eigenvalue weighted by Crippen LogP contribution is 2.16. The Morgan fingerprint density at radius 3 is 2.79 bits per heavy atom. The summed E-state index contributed by atoms with van der Waals surface area (Å²) in [5, 5.41) is 8.06. The van der Waals surface area contributed by atoms with E-state index in [1.807, 2.05) is 6.92 Å². The topological polar surface area (TPSA) is 78.9 Å². The van der Waals surface area contributed by atoms with Gasteiger partial charge in [-0.2, -0.15) is 4.37 Å². The maximum Gasteiger partial charge on any atom is 0.205 e. The molecular weight excluding hydrogens is 198 g/mol. The Morgan fingerprint density at radius 2 is 2.36 bits per heavy atom. The smallest absolute Gasteiger partial charge is 0.205 e. The first-order chi connectivity index (χ1) is 6.63. The molecule has 78 valence electrons. The molecule has 3 N–H and O–H groups in total. The number of anilines is 1. The van der Waals surface area contributed by atoms with E-state index in [2.05, 4.69) is 21.2 Å². The van der Waals surface area contributed by atoms with Crippen molar-refractivity contribution in [1.29, 1.82) is 5.41 Å². The lowest BCUT2D eigenvalue weighted by molar-refractivity contribution is 0.824. The molecule has 0 atom stereocenters. The fourth-order valence-electron chi connectivity index (χ4n) is 1.06. The van der Waals surface area contributed by atoms with Gasteiger partial charge in [-0.05, 0) is 13.8 Å². The third-order valence-electron chi connectivity index (χ3n) is 1.82. The molecule has 0 radical (unpaired) electrons. The molecule has 0 aliphatic rings. The van der Waals surface area contributed by atoms with Crippen LogP contribution < -0.4 is 10.6 Å². The first kappa shape index (κ1) is 10.9. The second-order valence-electron chi connectivity index (χ2n) is 2.98. The Hall–Kier alpha value is -1.17. The highest BCUT2D eigenvalue weighted by molar-refractivity contribution is 7.09. The maximum atomic E-state index is 7.15. The molecule has 0 unspecified atom stereocenters. The van der Waals surface area contributed by atoms with Gasteiger partial charge >= 0.3 is 0 Å². The maximum absolute atomic E-state index is 7.15. The Kier molecular flexibility index (Phi) is 3.82. The van der Waals surface area contributed by atoms with Gasteiger partial charge in [0.25, 0.3) is 0 Å². The van der Waals surface area contributed by atoms with Gasteiger partial charge in [-0.1, -0.05) is 0 Å². The molecule has 1 heterocycles. The molecule has 6 heteroatoms. The van der Waals surface area contributed by atoms with E-state index in [1.54, 1.807) is 0 Å². The number of hydrogen-bond donors (Lipinski definition) is 2. The van der Waals surface area contributed by atoms with Crippen molar-refractivity contribution in [2.45, 2.75) is 20.3 Å². The van der Waals surface area contributed by atoms with Crippen molar-refractivity contribution in [3.8, 4) is 0 Å². The normalized spacial score (nSPS) is 10.1. The summed E-state index contributed by atoms with van der Waals surface area (Å²) in [6.07, 6.45) is 0.576. The Balaban J connectivity index is 2.58. The van der Waals surface area contributed by atoms with Crippen molar-refractivity contribution in [2.75, 3.05) is 18.0 Å². The summed E-state index contributed by atoms with van der Waals surface area (Å²) in [5.74, 6) is 1.01. The monoisotopic (exact) mass is 213 g/mol. The van der Waals surface area contributed by atoms with Crippen LogP contribution in [-0.4, -0.2) is 28.3 Å². The highest BCUT2D eigenvalue weighted by atomic mass is 32.1. The summed E-state index contributed by atoms with van der Waals surface area (Å²) in [6, 6.07) is 0. The van der Waals surface area contributed by atoms with Crippen molar-refractivity contribution in [2.24, 2.45) is 5.73 Å². The molecule has 0 spiro atoms. The predicted octanol–water partition coefficient (Wildman–Crippen LogP) is 0.999. The summed E-state index contributed by atoms with van der Waals surface area (Å²) in [6.45, 7) is 5.53. The largest absolute Gasteiger partial charge is 0.388 e. The quantitative estimate of drug-likeness (QED) is 0.565. The number of hydrogen-bond acceptors (Lipinski definition) is 5. The summed E-state index contributed by atoms with van der Waals surface area (Å²) in [5.41, 5.74) is 5.30. The molecular formula is C8H15N5S. The van der Waals surface area contributed by atoms with Crippen LogP contribution in [0.2, 0.25) is 0 Å². The van der Waals surface area contributed by atoms with Crippen LogP contribution in [0.4, 0.5) is 5.13 Å². The van der Waals surface area contributed by atoms with E-state index < -0.39 is 0 Å². The van der Waals surface area contributed by atoms with Crippen LogP contribution in [0.15, 0.2) is 0 Å². The molecule has 0 saturated carbocycles. The van der Waals surface area contributed by atoms with Crippen LogP contribution in [0.3, 0.4) is 0 Å². The fourth-order valence-corrected chi connectivity index (χ4v) is 1.82. The van der Waals surface area contributed by atoms with Crippen molar-refractivity contribution < 1.29 is 0 Å². The molecule has 0 amide bonds. The predicted molar refractivity (Wildman–Crippen MR) is 59.1 cm³/mol. The van der Waals surface area contributed by atoms with Gasteiger partial charge in [0, 0.05) is 31.0 Å². The molecule has 1 aromatic heterocycles. The van der Waals surface area contributed by atoms with Crippen molar-refractivity contribution in [3.05, 3.63) is 5.82 Å². The van der Waals surface area contributed by atoms with E-state index >= 15 is 0 Å². The molecule has 1 rings (SSSR count). The SMILES string of the molecule is CCN(CCC(=N)N)c1nc(C)ns1. The van der Waals surface area contributed by atoms with Crippen LogP contribution in [-0.2, 0) is 0 Å². The van der Waals surface area contributed by atoms with Gasteiger partial charge in [0.2, 0.25) is 5.13 Å². The summed E-state index contributed by atoms with van der Waals surface area (Å²) in [7, 11) is 0. The van der Waals surface area contributed by atoms with Gasteiger partial charge in [-0.25, -0.2) is 4.98 Å². The molecule has 0 saturated heterocycles. The molecule has 0 aromatic carbocycles. The van der Waals surface area contributed by atoms with Crippen molar-refractivity contribution in [3.63, 3.8) is 0 Å². The van der Waals surface area contributed by atoms with E-state index in [0.717, 1.165) is 24.0 Å². The average molecular weight is 213 g/mol. The summed E-state index contributed by atoms with van der Waals surface area (Å²) >= 11 is 1.39.